The molecule has 0 heterocycles. The van der Waals surface area contributed by atoms with Gasteiger partial charge in [0.15, 0.2) is 0 Å². The van der Waals surface area contributed by atoms with Crippen LogP contribution in [0.3, 0.4) is 0 Å². The van der Waals surface area contributed by atoms with Crippen LogP contribution in [-0.4, -0.2) is 12.5 Å². The minimum atomic E-state index is -4.43. The minimum absolute atomic E-state index is 0.0395. The Morgan fingerprint density at radius 3 is 2.53 bits per heavy atom. The van der Waals surface area contributed by atoms with Crippen molar-refractivity contribution < 1.29 is 18.0 Å². The van der Waals surface area contributed by atoms with E-state index in [4.69, 9.17) is 0 Å². The SMILES string of the molecule is CCCNC(=O)c1cc(I)cc(C(F)(F)F)c1. The highest BCUT2D eigenvalue weighted by Gasteiger charge is 2.31. The molecule has 6 heteroatoms. The molecule has 2 nitrogen and oxygen atoms in total. The summed E-state index contributed by atoms with van der Waals surface area (Å²) in [7, 11) is 0. The molecule has 94 valence electrons. The standard InChI is InChI=1S/C11H11F3INO/c1-2-3-16-10(17)7-4-8(11(12,13)14)6-9(15)5-7/h4-6H,2-3H2,1H3,(H,16,17). The molecule has 0 aromatic heterocycles. The van der Waals surface area contributed by atoms with Gasteiger partial charge in [0.2, 0.25) is 0 Å². The molecule has 1 rings (SSSR count). The van der Waals surface area contributed by atoms with E-state index in [1.54, 1.807) is 22.6 Å². The molecule has 0 atom stereocenters. The van der Waals surface area contributed by atoms with Crippen LogP contribution in [0.15, 0.2) is 18.2 Å². The number of amides is 1. The third-order valence-corrected chi connectivity index (χ3v) is 2.65. The first-order valence-corrected chi connectivity index (χ1v) is 6.08. The van der Waals surface area contributed by atoms with E-state index < -0.39 is 17.6 Å². The van der Waals surface area contributed by atoms with Gasteiger partial charge < -0.3 is 5.32 Å². The molecule has 0 spiro atoms. The van der Waals surface area contributed by atoms with E-state index in [0.29, 0.717) is 10.1 Å². The van der Waals surface area contributed by atoms with Gasteiger partial charge in [0.05, 0.1) is 5.56 Å². The Bertz CT molecular complexity index is 418. The predicted octanol–water partition coefficient (Wildman–Crippen LogP) is 3.45. The molecular formula is C11H11F3INO. The van der Waals surface area contributed by atoms with Gasteiger partial charge in [-0.25, -0.2) is 0 Å². The molecule has 0 aliphatic heterocycles. The van der Waals surface area contributed by atoms with E-state index in [2.05, 4.69) is 5.32 Å². The maximum atomic E-state index is 12.5. The average Bonchev–Trinajstić information content (AvgIpc) is 2.23. The van der Waals surface area contributed by atoms with Gasteiger partial charge in [-0.3, -0.25) is 4.79 Å². The first kappa shape index (κ1) is 14.3. The molecule has 0 fully saturated rings. The van der Waals surface area contributed by atoms with Crippen molar-refractivity contribution in [3.8, 4) is 0 Å². The first-order chi connectivity index (χ1) is 7.84. The molecule has 0 aliphatic carbocycles. The van der Waals surface area contributed by atoms with Crippen LogP contribution in [-0.2, 0) is 6.18 Å². The number of nitrogens with one attached hydrogen (secondary N) is 1. The van der Waals surface area contributed by atoms with Crippen molar-refractivity contribution in [3.63, 3.8) is 0 Å². The lowest BCUT2D eigenvalue weighted by atomic mass is 10.1. The third kappa shape index (κ3) is 4.18. The molecule has 0 saturated heterocycles. The van der Waals surface area contributed by atoms with Gasteiger partial charge in [-0.1, -0.05) is 6.92 Å². The normalized spacial score (nSPS) is 11.4. The minimum Gasteiger partial charge on any atom is -0.352 e. The zero-order chi connectivity index (χ0) is 13.1. The van der Waals surface area contributed by atoms with Crippen LogP contribution in [0, 0.1) is 3.57 Å². The fourth-order valence-electron chi connectivity index (χ4n) is 1.22. The maximum Gasteiger partial charge on any atom is 0.416 e. The smallest absolute Gasteiger partial charge is 0.352 e. The summed E-state index contributed by atoms with van der Waals surface area (Å²) in [6, 6.07) is 3.31. The fraction of sp³-hybridized carbons (Fsp3) is 0.364. The van der Waals surface area contributed by atoms with Crippen LogP contribution in [0.25, 0.3) is 0 Å². The molecule has 0 aliphatic rings. The van der Waals surface area contributed by atoms with Gasteiger partial charge in [-0.05, 0) is 47.2 Å². The van der Waals surface area contributed by atoms with Gasteiger partial charge >= 0.3 is 6.18 Å². The summed E-state index contributed by atoms with van der Waals surface area (Å²) in [5.74, 6) is -0.476. The van der Waals surface area contributed by atoms with Gasteiger partial charge in [0.25, 0.3) is 5.91 Å². The van der Waals surface area contributed by atoms with Gasteiger partial charge in [-0.2, -0.15) is 13.2 Å². The number of benzene rings is 1. The van der Waals surface area contributed by atoms with Gasteiger partial charge in [0, 0.05) is 15.7 Å². The van der Waals surface area contributed by atoms with E-state index in [9.17, 15) is 18.0 Å². The quantitative estimate of drug-likeness (QED) is 0.825. The Kier molecular flexibility index (Phi) is 4.79. The van der Waals surface area contributed by atoms with Crippen LogP contribution in [0.2, 0.25) is 0 Å². The summed E-state index contributed by atoms with van der Waals surface area (Å²) in [4.78, 5) is 11.6. The van der Waals surface area contributed by atoms with Crippen molar-refractivity contribution in [2.45, 2.75) is 19.5 Å². The Hall–Kier alpha value is -0.790. The summed E-state index contributed by atoms with van der Waals surface area (Å²) in [6.45, 7) is 2.32. The van der Waals surface area contributed by atoms with E-state index in [1.165, 1.54) is 6.07 Å². The molecule has 1 aromatic rings. The number of hydrogen-bond acceptors (Lipinski definition) is 1. The second-order valence-corrected chi connectivity index (χ2v) is 4.73. The lowest BCUT2D eigenvalue weighted by Crippen LogP contribution is -2.24. The molecule has 0 bridgehead atoms. The van der Waals surface area contributed by atoms with E-state index in [1.807, 2.05) is 6.92 Å². The van der Waals surface area contributed by atoms with E-state index in [0.717, 1.165) is 18.6 Å². The Morgan fingerprint density at radius 2 is 2.00 bits per heavy atom. The first-order valence-electron chi connectivity index (χ1n) is 5.00. The lowest BCUT2D eigenvalue weighted by molar-refractivity contribution is -0.137. The fourth-order valence-corrected chi connectivity index (χ4v) is 1.90. The summed E-state index contributed by atoms with van der Waals surface area (Å²) in [5, 5.41) is 2.54. The van der Waals surface area contributed by atoms with Crippen LogP contribution in [0.4, 0.5) is 13.2 Å². The highest BCUT2D eigenvalue weighted by atomic mass is 127. The molecule has 0 radical (unpaired) electrons. The summed E-state index contributed by atoms with van der Waals surface area (Å²) in [6.07, 6.45) is -3.69. The van der Waals surface area contributed by atoms with Crippen LogP contribution in [0.1, 0.15) is 29.3 Å². The van der Waals surface area contributed by atoms with Crippen LogP contribution >= 0.6 is 22.6 Å². The molecule has 1 N–H and O–H groups in total. The number of carbonyl (C=O) groups excluding carboxylic acids is 1. The van der Waals surface area contributed by atoms with Crippen molar-refractivity contribution in [1.82, 2.24) is 5.32 Å². The number of carbonyl (C=O) groups is 1. The van der Waals surface area contributed by atoms with Crippen molar-refractivity contribution in [1.29, 1.82) is 0 Å². The molecule has 1 amide bonds. The average molecular weight is 357 g/mol. The summed E-state index contributed by atoms with van der Waals surface area (Å²) in [5.41, 5.74) is -0.760. The maximum absolute atomic E-state index is 12.5. The number of halogens is 4. The highest BCUT2D eigenvalue weighted by molar-refractivity contribution is 14.1. The number of rotatable bonds is 3. The van der Waals surface area contributed by atoms with Crippen molar-refractivity contribution in [3.05, 3.63) is 32.9 Å². The van der Waals surface area contributed by atoms with Crippen LogP contribution < -0.4 is 5.32 Å². The number of alkyl halides is 3. The summed E-state index contributed by atoms with van der Waals surface area (Å²) >= 11 is 1.76. The van der Waals surface area contributed by atoms with E-state index >= 15 is 0 Å². The molecule has 1 aromatic carbocycles. The Balaban J connectivity index is 3.01. The van der Waals surface area contributed by atoms with Crippen LogP contribution in [0.5, 0.6) is 0 Å². The second kappa shape index (κ2) is 5.70. The third-order valence-electron chi connectivity index (χ3n) is 2.02. The van der Waals surface area contributed by atoms with E-state index in [-0.39, 0.29) is 5.56 Å². The molecular weight excluding hydrogens is 346 g/mol. The zero-order valence-corrected chi connectivity index (χ0v) is 11.2. The van der Waals surface area contributed by atoms with Crippen molar-refractivity contribution in [2.75, 3.05) is 6.54 Å². The van der Waals surface area contributed by atoms with Crippen molar-refractivity contribution in [2.24, 2.45) is 0 Å². The monoisotopic (exact) mass is 357 g/mol. The van der Waals surface area contributed by atoms with Gasteiger partial charge in [0.1, 0.15) is 0 Å². The lowest BCUT2D eigenvalue weighted by Gasteiger charge is -2.10. The Morgan fingerprint density at radius 1 is 1.35 bits per heavy atom. The molecule has 0 unspecified atom stereocenters. The zero-order valence-electron chi connectivity index (χ0n) is 9.07. The largest absolute Gasteiger partial charge is 0.416 e. The topological polar surface area (TPSA) is 29.1 Å². The number of hydrogen-bond donors (Lipinski definition) is 1. The molecule has 17 heavy (non-hydrogen) atoms. The van der Waals surface area contributed by atoms with Gasteiger partial charge in [-0.15, -0.1) is 0 Å². The second-order valence-electron chi connectivity index (χ2n) is 3.48. The highest BCUT2D eigenvalue weighted by Crippen LogP contribution is 2.31. The predicted molar refractivity (Wildman–Crippen MR) is 66.8 cm³/mol. The van der Waals surface area contributed by atoms with Crippen molar-refractivity contribution >= 4 is 28.5 Å². The summed E-state index contributed by atoms with van der Waals surface area (Å²) < 4.78 is 38.0. The molecule has 0 saturated carbocycles. The Labute approximate surface area is 111 Å².